The van der Waals surface area contributed by atoms with Gasteiger partial charge in [0, 0.05) is 0 Å². The lowest BCUT2D eigenvalue weighted by atomic mass is 10.1. The number of phosphoric ester groups is 1. The van der Waals surface area contributed by atoms with Crippen LogP contribution in [-0.4, -0.2) is 24.3 Å². The zero-order valence-electron chi connectivity index (χ0n) is 8.45. The Hall–Kier alpha value is -0.100. The van der Waals surface area contributed by atoms with Crippen molar-refractivity contribution in [2.24, 2.45) is 5.92 Å². The quantitative estimate of drug-likeness (QED) is 0.736. The lowest BCUT2D eigenvalue weighted by Crippen LogP contribution is -2.17. The molecule has 0 fully saturated rings. The summed E-state index contributed by atoms with van der Waals surface area (Å²) < 4.78 is 53.9. The molecule has 0 aliphatic carbocycles. The van der Waals surface area contributed by atoms with Crippen LogP contribution in [0.3, 0.4) is 0 Å². The smallest absolute Gasteiger partial charge is 0.302 e. The first-order valence-corrected chi connectivity index (χ1v) is 5.84. The van der Waals surface area contributed by atoms with Crippen molar-refractivity contribution in [1.82, 2.24) is 0 Å². The Kier molecular flexibility index (Phi) is 5.80. The van der Waals surface area contributed by atoms with Gasteiger partial charge >= 0.3 is 14.0 Å². The molecule has 0 saturated carbocycles. The van der Waals surface area contributed by atoms with E-state index in [9.17, 15) is 17.7 Å². The molecular weight excluding hydrogens is 236 g/mol. The van der Waals surface area contributed by atoms with Gasteiger partial charge in [0.25, 0.3) is 0 Å². The number of halogens is 3. The normalized spacial score (nSPS) is 18.5. The average Bonchev–Trinajstić information content (AvgIpc) is 2.10. The van der Waals surface area contributed by atoms with Crippen LogP contribution in [0.15, 0.2) is 0 Å². The summed E-state index contributed by atoms with van der Waals surface area (Å²) in [4.78, 5) is 8.83. The first-order valence-electron chi connectivity index (χ1n) is 4.35. The Morgan fingerprint density at radius 2 is 1.93 bits per heavy atom. The molecule has 0 aliphatic heterocycles. The van der Waals surface area contributed by atoms with E-state index in [4.69, 9.17) is 4.89 Å². The molecule has 0 heterocycles. The largest absolute Gasteiger partial charge is 0.472 e. The summed E-state index contributed by atoms with van der Waals surface area (Å²) >= 11 is 0. The maximum absolute atomic E-state index is 11.6. The molecule has 0 bridgehead atoms. The standard InChI is InChI=1S/C7H14F3O4P/c1-3-6(2)4-13-15(11,12)14-5-7(8,9)10/h6H,3-5H2,1-2H3,(H,11,12). The van der Waals surface area contributed by atoms with Crippen molar-refractivity contribution in [3.63, 3.8) is 0 Å². The Morgan fingerprint density at radius 3 is 2.33 bits per heavy atom. The molecule has 15 heavy (non-hydrogen) atoms. The molecule has 92 valence electrons. The maximum atomic E-state index is 11.6. The molecule has 0 radical (unpaired) electrons. The van der Waals surface area contributed by atoms with Crippen molar-refractivity contribution >= 4 is 7.82 Å². The fourth-order valence-electron chi connectivity index (χ4n) is 0.531. The van der Waals surface area contributed by atoms with Gasteiger partial charge in [0.15, 0.2) is 6.61 Å². The van der Waals surface area contributed by atoms with Crippen LogP contribution >= 0.6 is 7.82 Å². The van der Waals surface area contributed by atoms with Crippen LogP contribution in [-0.2, 0) is 13.6 Å². The molecule has 0 spiro atoms. The van der Waals surface area contributed by atoms with Crippen molar-refractivity contribution < 1.29 is 31.7 Å². The third-order valence-electron chi connectivity index (χ3n) is 1.61. The van der Waals surface area contributed by atoms with Gasteiger partial charge in [-0.25, -0.2) is 4.57 Å². The average molecular weight is 250 g/mol. The number of rotatable bonds is 6. The highest BCUT2D eigenvalue weighted by atomic mass is 31.2. The van der Waals surface area contributed by atoms with Crippen LogP contribution < -0.4 is 0 Å². The Labute approximate surface area is 86.0 Å². The second-order valence-corrected chi connectivity index (χ2v) is 4.62. The van der Waals surface area contributed by atoms with Crippen LogP contribution in [0.2, 0.25) is 0 Å². The Bertz CT molecular complexity index is 231. The monoisotopic (exact) mass is 250 g/mol. The van der Waals surface area contributed by atoms with Gasteiger partial charge in [-0.3, -0.25) is 9.05 Å². The number of alkyl halides is 3. The molecule has 0 saturated heterocycles. The molecule has 2 atom stereocenters. The van der Waals surface area contributed by atoms with Gasteiger partial charge in [-0.2, -0.15) is 13.2 Å². The van der Waals surface area contributed by atoms with E-state index < -0.39 is 20.6 Å². The first kappa shape index (κ1) is 14.9. The lowest BCUT2D eigenvalue weighted by molar-refractivity contribution is -0.157. The number of hydrogen-bond donors (Lipinski definition) is 1. The highest BCUT2D eigenvalue weighted by molar-refractivity contribution is 7.47. The topological polar surface area (TPSA) is 55.8 Å². The fourth-order valence-corrected chi connectivity index (χ4v) is 1.36. The highest BCUT2D eigenvalue weighted by Gasteiger charge is 2.33. The van der Waals surface area contributed by atoms with Gasteiger partial charge in [0.05, 0.1) is 6.61 Å². The molecule has 0 amide bonds. The van der Waals surface area contributed by atoms with Crippen molar-refractivity contribution in [2.75, 3.05) is 13.2 Å². The van der Waals surface area contributed by atoms with Crippen molar-refractivity contribution in [3.05, 3.63) is 0 Å². The molecule has 8 heteroatoms. The molecule has 0 aromatic heterocycles. The second-order valence-electron chi connectivity index (χ2n) is 3.17. The number of hydrogen-bond acceptors (Lipinski definition) is 3. The van der Waals surface area contributed by atoms with Crippen molar-refractivity contribution in [2.45, 2.75) is 26.4 Å². The van der Waals surface area contributed by atoms with Gasteiger partial charge < -0.3 is 4.89 Å². The molecular formula is C7H14F3O4P. The molecule has 0 aromatic rings. The summed E-state index contributed by atoms with van der Waals surface area (Å²) in [5.74, 6) is -0.0139. The summed E-state index contributed by atoms with van der Waals surface area (Å²) in [6, 6.07) is 0. The predicted octanol–water partition coefficient (Wildman–Crippen LogP) is 2.73. The molecule has 0 aromatic carbocycles. The first-order chi connectivity index (χ1) is 6.66. The van der Waals surface area contributed by atoms with Crippen molar-refractivity contribution in [1.29, 1.82) is 0 Å². The minimum Gasteiger partial charge on any atom is -0.302 e. The van der Waals surface area contributed by atoms with Gasteiger partial charge in [-0.05, 0) is 5.92 Å². The van der Waals surface area contributed by atoms with E-state index in [-0.39, 0.29) is 12.5 Å². The van der Waals surface area contributed by atoms with E-state index in [0.717, 1.165) is 0 Å². The van der Waals surface area contributed by atoms with Crippen molar-refractivity contribution in [3.8, 4) is 0 Å². The zero-order valence-corrected chi connectivity index (χ0v) is 9.35. The maximum Gasteiger partial charge on any atom is 0.472 e. The van der Waals surface area contributed by atoms with Gasteiger partial charge in [-0.1, -0.05) is 20.3 Å². The highest BCUT2D eigenvalue weighted by Crippen LogP contribution is 2.44. The predicted molar refractivity (Wildman–Crippen MR) is 47.2 cm³/mol. The molecule has 1 N–H and O–H groups in total. The Balaban J connectivity index is 3.93. The minimum absolute atomic E-state index is 0.0139. The molecule has 2 unspecified atom stereocenters. The van der Waals surface area contributed by atoms with E-state index >= 15 is 0 Å². The summed E-state index contributed by atoms with van der Waals surface area (Å²) in [5.41, 5.74) is 0. The molecule has 4 nitrogen and oxygen atoms in total. The van der Waals surface area contributed by atoms with Crippen LogP contribution in [0.5, 0.6) is 0 Å². The van der Waals surface area contributed by atoms with Gasteiger partial charge in [0.2, 0.25) is 0 Å². The van der Waals surface area contributed by atoms with E-state index in [1.54, 1.807) is 6.92 Å². The van der Waals surface area contributed by atoms with E-state index in [0.29, 0.717) is 6.42 Å². The van der Waals surface area contributed by atoms with Gasteiger partial charge in [-0.15, -0.1) is 0 Å². The fraction of sp³-hybridized carbons (Fsp3) is 1.00. The summed E-state index contributed by atoms with van der Waals surface area (Å²) in [6.07, 6.45) is -3.95. The third kappa shape index (κ3) is 8.87. The third-order valence-corrected chi connectivity index (χ3v) is 2.54. The van der Waals surface area contributed by atoms with E-state index in [1.807, 2.05) is 6.92 Å². The van der Waals surface area contributed by atoms with Crippen LogP contribution in [0.1, 0.15) is 20.3 Å². The SMILES string of the molecule is CCC(C)COP(=O)(O)OCC(F)(F)F. The molecule has 0 rings (SSSR count). The van der Waals surface area contributed by atoms with Crippen LogP contribution in [0.25, 0.3) is 0 Å². The zero-order chi connectivity index (χ0) is 12.1. The van der Waals surface area contributed by atoms with Crippen LogP contribution in [0.4, 0.5) is 13.2 Å². The number of phosphoric acid groups is 1. The molecule has 0 aliphatic rings. The second kappa shape index (κ2) is 5.84. The van der Waals surface area contributed by atoms with E-state index in [2.05, 4.69) is 9.05 Å². The summed E-state index contributed by atoms with van der Waals surface area (Å²) in [6.45, 7) is 1.67. The van der Waals surface area contributed by atoms with Crippen LogP contribution in [0, 0.1) is 5.92 Å². The summed E-state index contributed by atoms with van der Waals surface area (Å²) in [7, 11) is -4.58. The lowest BCUT2D eigenvalue weighted by Gasteiger charge is -2.15. The minimum atomic E-state index is -4.64. The Morgan fingerprint density at radius 1 is 1.40 bits per heavy atom. The van der Waals surface area contributed by atoms with E-state index in [1.165, 1.54) is 0 Å². The summed E-state index contributed by atoms with van der Waals surface area (Å²) in [5, 5.41) is 0. The van der Waals surface area contributed by atoms with Gasteiger partial charge in [0.1, 0.15) is 0 Å².